The Hall–Kier alpha value is -4.26. The van der Waals surface area contributed by atoms with Crippen LogP contribution in [0.3, 0.4) is 0 Å². The molecule has 2 heterocycles. The molecule has 154 valence electrons. The van der Waals surface area contributed by atoms with E-state index in [1.54, 1.807) is 37.5 Å². The van der Waals surface area contributed by atoms with Crippen LogP contribution in [0.2, 0.25) is 0 Å². The number of nitrogens with zero attached hydrogens (tertiary/aromatic N) is 2. The third-order valence-electron chi connectivity index (χ3n) is 4.89. The molecule has 0 saturated heterocycles. The van der Waals surface area contributed by atoms with Crippen LogP contribution in [-0.2, 0) is 6.42 Å². The van der Waals surface area contributed by atoms with Gasteiger partial charge in [0.25, 0.3) is 11.6 Å². The molecular weight excluding hydrogens is 394 g/mol. The van der Waals surface area contributed by atoms with Crippen LogP contribution in [0.1, 0.15) is 27.2 Å². The Bertz CT molecular complexity index is 1230. The molecule has 31 heavy (non-hydrogen) atoms. The highest BCUT2D eigenvalue weighted by Gasteiger charge is 2.15. The molecule has 0 bridgehead atoms. The van der Waals surface area contributed by atoms with Crippen molar-refractivity contribution >= 4 is 17.3 Å². The average molecular weight is 413 g/mol. The number of anilines is 1. The van der Waals surface area contributed by atoms with Gasteiger partial charge in [0.2, 0.25) is 0 Å². The maximum atomic E-state index is 12.6. The van der Waals surface area contributed by atoms with Crippen molar-refractivity contribution in [3.8, 4) is 11.3 Å². The van der Waals surface area contributed by atoms with Crippen molar-refractivity contribution in [2.45, 2.75) is 13.3 Å². The second-order valence-corrected chi connectivity index (χ2v) is 7.10. The van der Waals surface area contributed by atoms with Gasteiger partial charge in [-0.25, -0.2) is 0 Å². The number of benzene rings is 2. The first-order valence-corrected chi connectivity index (χ1v) is 9.64. The monoisotopic (exact) mass is 413 g/mol. The number of aryl methyl sites for hydroxylation is 1. The zero-order valence-electron chi connectivity index (χ0n) is 16.7. The predicted molar refractivity (Wildman–Crippen MR) is 117 cm³/mol. The first-order chi connectivity index (χ1) is 15.0. The van der Waals surface area contributed by atoms with E-state index in [1.807, 2.05) is 36.4 Å². The third kappa shape index (κ3) is 4.67. The topological polar surface area (TPSA) is 98.3 Å². The fraction of sp³-hybridized carbons (Fsp3) is 0.0833. The highest BCUT2D eigenvalue weighted by atomic mass is 16.6. The van der Waals surface area contributed by atoms with Gasteiger partial charge < -0.3 is 9.73 Å². The van der Waals surface area contributed by atoms with Crippen molar-refractivity contribution in [2.24, 2.45) is 0 Å². The molecule has 0 saturated carbocycles. The highest BCUT2D eigenvalue weighted by Crippen LogP contribution is 2.28. The maximum Gasteiger partial charge on any atom is 0.291 e. The molecule has 1 amide bonds. The standard InChI is InChI=1S/C24H19N3O4/c1-16-14-20(27(29)30)6-7-21(16)22-8-9-23(31-22)24(28)26-19-4-2-17(3-5-19)15-18-10-12-25-13-11-18/h2-14H,15H2,1H3,(H,26,28). The molecule has 0 radical (unpaired) electrons. The van der Waals surface area contributed by atoms with Crippen molar-refractivity contribution in [1.82, 2.24) is 4.98 Å². The number of non-ortho nitro benzene ring substituents is 1. The smallest absolute Gasteiger partial charge is 0.291 e. The van der Waals surface area contributed by atoms with E-state index in [4.69, 9.17) is 4.42 Å². The van der Waals surface area contributed by atoms with Crippen LogP contribution in [0.25, 0.3) is 11.3 Å². The summed E-state index contributed by atoms with van der Waals surface area (Å²) < 4.78 is 5.70. The van der Waals surface area contributed by atoms with Crippen molar-refractivity contribution in [1.29, 1.82) is 0 Å². The summed E-state index contributed by atoms with van der Waals surface area (Å²) in [5.41, 5.74) is 4.35. The number of nitrogens with one attached hydrogen (secondary N) is 1. The molecule has 2 aromatic heterocycles. The van der Waals surface area contributed by atoms with Crippen LogP contribution >= 0.6 is 0 Å². The summed E-state index contributed by atoms with van der Waals surface area (Å²) in [7, 11) is 0. The van der Waals surface area contributed by atoms with Crippen LogP contribution < -0.4 is 5.32 Å². The molecular formula is C24H19N3O4. The van der Waals surface area contributed by atoms with Crippen molar-refractivity contribution in [3.05, 3.63) is 112 Å². The Kier molecular flexibility index (Phi) is 5.57. The van der Waals surface area contributed by atoms with E-state index in [0.717, 1.165) is 17.5 Å². The largest absolute Gasteiger partial charge is 0.451 e. The second kappa shape index (κ2) is 8.62. The summed E-state index contributed by atoms with van der Waals surface area (Å²) in [5.74, 6) is 0.270. The molecule has 0 atom stereocenters. The molecule has 0 fully saturated rings. The molecule has 0 aliphatic carbocycles. The molecule has 0 aliphatic heterocycles. The maximum absolute atomic E-state index is 12.6. The van der Waals surface area contributed by atoms with Crippen molar-refractivity contribution in [2.75, 3.05) is 5.32 Å². The minimum atomic E-state index is -0.444. The van der Waals surface area contributed by atoms with Crippen LogP contribution in [0, 0.1) is 17.0 Å². The van der Waals surface area contributed by atoms with E-state index < -0.39 is 4.92 Å². The van der Waals surface area contributed by atoms with E-state index in [9.17, 15) is 14.9 Å². The number of carbonyl (C=O) groups is 1. The van der Waals surface area contributed by atoms with E-state index in [-0.39, 0.29) is 17.4 Å². The Morgan fingerprint density at radius 2 is 1.71 bits per heavy atom. The molecule has 0 aliphatic rings. The summed E-state index contributed by atoms with van der Waals surface area (Å²) >= 11 is 0. The Morgan fingerprint density at radius 3 is 2.39 bits per heavy atom. The van der Waals surface area contributed by atoms with Crippen molar-refractivity contribution in [3.63, 3.8) is 0 Å². The third-order valence-corrected chi connectivity index (χ3v) is 4.89. The van der Waals surface area contributed by atoms with Gasteiger partial charge in [-0.2, -0.15) is 0 Å². The Balaban J connectivity index is 1.44. The number of carbonyl (C=O) groups excluding carboxylic acids is 1. The fourth-order valence-corrected chi connectivity index (χ4v) is 3.28. The molecule has 2 aromatic carbocycles. The molecule has 0 spiro atoms. The highest BCUT2D eigenvalue weighted by molar-refractivity contribution is 6.02. The van der Waals surface area contributed by atoms with Gasteiger partial charge in [-0.15, -0.1) is 0 Å². The van der Waals surface area contributed by atoms with Gasteiger partial charge in [0.05, 0.1) is 4.92 Å². The number of aromatic nitrogens is 1. The quantitative estimate of drug-likeness (QED) is 0.337. The first kappa shape index (κ1) is 20.0. The van der Waals surface area contributed by atoms with Gasteiger partial charge >= 0.3 is 0 Å². The Labute approximate surface area is 178 Å². The van der Waals surface area contributed by atoms with Gasteiger partial charge in [0, 0.05) is 35.8 Å². The fourth-order valence-electron chi connectivity index (χ4n) is 3.28. The van der Waals surface area contributed by atoms with Gasteiger partial charge in [-0.05, 0) is 72.5 Å². The number of hydrogen-bond donors (Lipinski definition) is 1. The number of amides is 1. The van der Waals surface area contributed by atoms with E-state index in [2.05, 4.69) is 10.3 Å². The summed E-state index contributed by atoms with van der Waals surface area (Å²) in [6, 6.07) is 19.3. The van der Waals surface area contributed by atoms with E-state index >= 15 is 0 Å². The lowest BCUT2D eigenvalue weighted by atomic mass is 10.1. The molecule has 7 nitrogen and oxygen atoms in total. The molecule has 4 rings (SSSR count). The van der Waals surface area contributed by atoms with Gasteiger partial charge in [-0.1, -0.05) is 12.1 Å². The van der Waals surface area contributed by atoms with Crippen LogP contribution in [-0.4, -0.2) is 15.8 Å². The first-order valence-electron chi connectivity index (χ1n) is 9.64. The zero-order valence-corrected chi connectivity index (χ0v) is 16.7. The second-order valence-electron chi connectivity index (χ2n) is 7.10. The summed E-state index contributed by atoms with van der Waals surface area (Å²) in [5, 5.41) is 13.7. The lowest BCUT2D eigenvalue weighted by Gasteiger charge is -2.06. The number of rotatable bonds is 6. The summed E-state index contributed by atoms with van der Waals surface area (Å²) in [6.45, 7) is 1.76. The lowest BCUT2D eigenvalue weighted by Crippen LogP contribution is -2.10. The van der Waals surface area contributed by atoms with E-state index in [1.165, 1.54) is 12.1 Å². The molecule has 4 aromatic rings. The normalized spacial score (nSPS) is 10.6. The van der Waals surface area contributed by atoms with Crippen LogP contribution in [0.15, 0.2) is 83.5 Å². The van der Waals surface area contributed by atoms with Gasteiger partial charge in [0.15, 0.2) is 5.76 Å². The Morgan fingerprint density at radius 1 is 1.00 bits per heavy atom. The van der Waals surface area contributed by atoms with E-state index in [0.29, 0.717) is 22.6 Å². The number of pyridine rings is 1. The lowest BCUT2D eigenvalue weighted by molar-refractivity contribution is -0.384. The summed E-state index contributed by atoms with van der Waals surface area (Å²) in [6.07, 6.45) is 4.31. The van der Waals surface area contributed by atoms with Crippen LogP contribution in [0.5, 0.6) is 0 Å². The number of nitro groups is 1. The number of nitro benzene ring substituents is 1. The molecule has 7 heteroatoms. The molecule has 1 N–H and O–H groups in total. The number of furan rings is 1. The predicted octanol–water partition coefficient (Wildman–Crippen LogP) is 5.40. The SMILES string of the molecule is Cc1cc([N+](=O)[O-])ccc1-c1ccc(C(=O)Nc2ccc(Cc3ccncc3)cc2)o1. The van der Waals surface area contributed by atoms with Gasteiger partial charge in [-0.3, -0.25) is 19.9 Å². The van der Waals surface area contributed by atoms with Gasteiger partial charge in [0.1, 0.15) is 5.76 Å². The minimum Gasteiger partial charge on any atom is -0.451 e. The van der Waals surface area contributed by atoms with Crippen LogP contribution in [0.4, 0.5) is 11.4 Å². The minimum absolute atomic E-state index is 0.0122. The average Bonchev–Trinajstić information content (AvgIpc) is 3.26. The zero-order chi connectivity index (χ0) is 21.8. The molecule has 0 unspecified atom stereocenters. The van der Waals surface area contributed by atoms with Crippen molar-refractivity contribution < 1.29 is 14.1 Å². The summed E-state index contributed by atoms with van der Waals surface area (Å²) in [4.78, 5) is 27.0. The number of hydrogen-bond acceptors (Lipinski definition) is 5.